The van der Waals surface area contributed by atoms with E-state index in [0.29, 0.717) is 13.0 Å². The first-order valence-corrected chi connectivity index (χ1v) is 25.9. The highest BCUT2D eigenvalue weighted by Crippen LogP contribution is 2.23. The zero-order valence-corrected chi connectivity index (χ0v) is 40.3. The van der Waals surface area contributed by atoms with Crippen molar-refractivity contribution in [3.8, 4) is 0 Å². The van der Waals surface area contributed by atoms with E-state index in [-0.39, 0.29) is 19.2 Å². The van der Waals surface area contributed by atoms with Crippen LogP contribution in [0.3, 0.4) is 0 Å². The highest BCUT2D eigenvalue weighted by atomic mass is 16.7. The van der Waals surface area contributed by atoms with Crippen LogP contribution in [-0.2, 0) is 23.7 Å². The molecule has 366 valence electrons. The standard InChI is InChI=1S/C54H96O9/c1-3-5-7-9-11-13-15-17-19-20-21-22-23-24-25-26-27-28-29-31-33-35-37-39-41-43-50(56)62-48(47-61-54-53(59)52(58)51(57)49(45-55)63-54)46-60-44-42-40-38-36-34-32-30-18-16-14-12-10-8-6-4-2/h5,7,11,13,17,19,21-22,24-25,48-49,51-55,57-59H,3-4,6,8-10,12,14-16,18,20,23,26-47H2,1-2H3/b7-5-,13-11-,19-17-,22-21-,25-24-. The second kappa shape index (κ2) is 45.1. The molecule has 0 amide bonds. The van der Waals surface area contributed by atoms with Crippen LogP contribution >= 0.6 is 0 Å². The van der Waals surface area contributed by atoms with Crippen LogP contribution in [-0.4, -0.2) is 89.6 Å². The van der Waals surface area contributed by atoms with Crippen LogP contribution in [0.5, 0.6) is 0 Å². The topological polar surface area (TPSA) is 135 Å². The molecule has 9 heteroatoms. The lowest BCUT2D eigenvalue weighted by molar-refractivity contribution is -0.305. The zero-order valence-electron chi connectivity index (χ0n) is 40.3. The van der Waals surface area contributed by atoms with Gasteiger partial charge in [-0.05, 0) is 57.8 Å². The molecule has 1 saturated heterocycles. The van der Waals surface area contributed by atoms with Gasteiger partial charge in [0, 0.05) is 13.0 Å². The zero-order chi connectivity index (χ0) is 45.7. The SMILES string of the molecule is CC/C=C\C/C=C\C/C=C\C/C=C\C/C=C\CCCCCCCCCCCC(=O)OC(COCCCCCCCCCCCCCCCCC)COC1OC(CO)C(O)C(O)C1O. The summed E-state index contributed by atoms with van der Waals surface area (Å²) in [4.78, 5) is 12.8. The maximum absolute atomic E-state index is 12.8. The fourth-order valence-corrected chi connectivity index (χ4v) is 7.70. The van der Waals surface area contributed by atoms with Crippen LogP contribution in [0.2, 0.25) is 0 Å². The molecule has 9 nitrogen and oxygen atoms in total. The van der Waals surface area contributed by atoms with Crippen molar-refractivity contribution in [3.05, 3.63) is 60.8 Å². The summed E-state index contributed by atoms with van der Waals surface area (Å²) in [5.41, 5.74) is 0. The van der Waals surface area contributed by atoms with Crippen LogP contribution in [0, 0.1) is 0 Å². The fraction of sp³-hybridized carbons (Fsp3) is 0.796. The van der Waals surface area contributed by atoms with E-state index in [1.165, 1.54) is 122 Å². The van der Waals surface area contributed by atoms with Crippen molar-refractivity contribution in [2.45, 2.75) is 250 Å². The number of hydrogen-bond donors (Lipinski definition) is 4. The Kier molecular flexibility index (Phi) is 42.1. The van der Waals surface area contributed by atoms with Crippen LogP contribution in [0.25, 0.3) is 0 Å². The third-order valence-corrected chi connectivity index (χ3v) is 11.7. The molecule has 0 aromatic heterocycles. The lowest BCUT2D eigenvalue weighted by Gasteiger charge is -2.39. The molecule has 63 heavy (non-hydrogen) atoms. The Morgan fingerprint density at radius 3 is 1.46 bits per heavy atom. The van der Waals surface area contributed by atoms with E-state index in [1.54, 1.807) is 0 Å². The quantitative estimate of drug-likeness (QED) is 0.0268. The third-order valence-electron chi connectivity index (χ3n) is 11.7. The van der Waals surface area contributed by atoms with Crippen LogP contribution in [0.4, 0.5) is 0 Å². The van der Waals surface area contributed by atoms with Crippen molar-refractivity contribution in [2.24, 2.45) is 0 Å². The second-order valence-corrected chi connectivity index (χ2v) is 17.6. The maximum atomic E-state index is 12.8. The highest BCUT2D eigenvalue weighted by molar-refractivity contribution is 5.69. The van der Waals surface area contributed by atoms with Gasteiger partial charge in [-0.25, -0.2) is 0 Å². The molecule has 0 aromatic rings. The molecule has 0 radical (unpaired) electrons. The molecule has 1 rings (SSSR count). The number of carbonyl (C=O) groups is 1. The number of carbonyl (C=O) groups excluding carboxylic acids is 1. The molecule has 0 aromatic carbocycles. The van der Waals surface area contributed by atoms with Gasteiger partial charge in [-0.3, -0.25) is 4.79 Å². The van der Waals surface area contributed by atoms with Gasteiger partial charge in [-0.1, -0.05) is 209 Å². The summed E-state index contributed by atoms with van der Waals surface area (Å²) in [5, 5.41) is 40.2. The number of ether oxygens (including phenoxy) is 4. The van der Waals surface area contributed by atoms with Crippen LogP contribution < -0.4 is 0 Å². The Morgan fingerprint density at radius 2 is 0.968 bits per heavy atom. The van der Waals surface area contributed by atoms with E-state index < -0.39 is 43.4 Å². The van der Waals surface area contributed by atoms with Crippen molar-refractivity contribution in [1.29, 1.82) is 0 Å². The van der Waals surface area contributed by atoms with Crippen LogP contribution in [0.15, 0.2) is 60.8 Å². The minimum absolute atomic E-state index is 0.115. The highest BCUT2D eigenvalue weighted by Gasteiger charge is 2.44. The largest absolute Gasteiger partial charge is 0.457 e. The summed E-state index contributed by atoms with van der Waals surface area (Å²) in [5.74, 6) is -0.319. The van der Waals surface area contributed by atoms with E-state index in [1.807, 2.05) is 0 Å². The molecule has 0 bridgehead atoms. The van der Waals surface area contributed by atoms with Gasteiger partial charge in [0.25, 0.3) is 0 Å². The van der Waals surface area contributed by atoms with Crippen molar-refractivity contribution >= 4 is 5.97 Å². The number of unbranched alkanes of at least 4 members (excludes halogenated alkanes) is 23. The Bertz CT molecular complexity index is 1150. The van der Waals surface area contributed by atoms with E-state index in [2.05, 4.69) is 74.6 Å². The summed E-state index contributed by atoms with van der Waals surface area (Å²) in [6.45, 7) is 4.46. The van der Waals surface area contributed by atoms with Gasteiger partial charge in [0.1, 0.15) is 30.5 Å². The van der Waals surface area contributed by atoms with Gasteiger partial charge in [-0.2, -0.15) is 0 Å². The summed E-state index contributed by atoms with van der Waals surface area (Å²) in [6.07, 6.45) is 51.1. The normalized spacial score (nSPS) is 20.1. The summed E-state index contributed by atoms with van der Waals surface area (Å²) in [6, 6.07) is 0. The number of allylic oxidation sites excluding steroid dienone is 10. The Labute approximate surface area is 385 Å². The van der Waals surface area contributed by atoms with Crippen molar-refractivity contribution < 1.29 is 44.2 Å². The predicted molar refractivity (Wildman–Crippen MR) is 261 cm³/mol. The molecule has 1 aliphatic heterocycles. The lowest BCUT2D eigenvalue weighted by atomic mass is 9.99. The summed E-state index contributed by atoms with van der Waals surface area (Å²) >= 11 is 0. The Hall–Kier alpha value is -2.11. The number of rotatable bonds is 44. The maximum Gasteiger partial charge on any atom is 0.306 e. The molecule has 1 aliphatic rings. The molecule has 1 heterocycles. The fourth-order valence-electron chi connectivity index (χ4n) is 7.70. The molecular formula is C54H96O9. The molecule has 1 fully saturated rings. The smallest absolute Gasteiger partial charge is 0.306 e. The minimum atomic E-state index is -1.54. The summed E-state index contributed by atoms with van der Waals surface area (Å²) < 4.78 is 22.9. The minimum Gasteiger partial charge on any atom is -0.457 e. The second-order valence-electron chi connectivity index (χ2n) is 17.6. The first kappa shape index (κ1) is 58.9. The van der Waals surface area contributed by atoms with Crippen molar-refractivity contribution in [2.75, 3.05) is 26.4 Å². The molecule has 0 aliphatic carbocycles. The predicted octanol–water partition coefficient (Wildman–Crippen LogP) is 12.6. The molecule has 4 N–H and O–H groups in total. The third kappa shape index (κ3) is 35.8. The van der Waals surface area contributed by atoms with E-state index in [9.17, 15) is 25.2 Å². The van der Waals surface area contributed by atoms with Gasteiger partial charge >= 0.3 is 5.97 Å². The first-order chi connectivity index (χ1) is 30.9. The van der Waals surface area contributed by atoms with Crippen molar-refractivity contribution in [3.63, 3.8) is 0 Å². The Balaban J connectivity index is 2.19. The average molecular weight is 889 g/mol. The number of hydrogen-bond acceptors (Lipinski definition) is 9. The van der Waals surface area contributed by atoms with E-state index in [4.69, 9.17) is 18.9 Å². The van der Waals surface area contributed by atoms with Crippen molar-refractivity contribution in [1.82, 2.24) is 0 Å². The molecule has 6 unspecified atom stereocenters. The van der Waals surface area contributed by atoms with Gasteiger partial charge in [0.2, 0.25) is 0 Å². The van der Waals surface area contributed by atoms with Crippen LogP contribution in [0.1, 0.15) is 213 Å². The lowest BCUT2D eigenvalue weighted by Crippen LogP contribution is -2.59. The van der Waals surface area contributed by atoms with Gasteiger partial charge in [0.15, 0.2) is 6.29 Å². The van der Waals surface area contributed by atoms with E-state index in [0.717, 1.165) is 70.6 Å². The first-order valence-electron chi connectivity index (χ1n) is 25.9. The molecule has 6 atom stereocenters. The monoisotopic (exact) mass is 889 g/mol. The summed E-state index contributed by atoms with van der Waals surface area (Å²) in [7, 11) is 0. The molecule has 0 saturated carbocycles. The number of aliphatic hydroxyl groups excluding tert-OH is 4. The van der Waals surface area contributed by atoms with Gasteiger partial charge in [-0.15, -0.1) is 0 Å². The average Bonchev–Trinajstić information content (AvgIpc) is 3.28. The van der Waals surface area contributed by atoms with Gasteiger partial charge in [0.05, 0.1) is 19.8 Å². The number of aliphatic hydroxyl groups is 4. The molecule has 0 spiro atoms. The van der Waals surface area contributed by atoms with Gasteiger partial charge < -0.3 is 39.4 Å². The molecular weight excluding hydrogens is 793 g/mol. The Morgan fingerprint density at radius 1 is 0.524 bits per heavy atom. The number of esters is 1. The van der Waals surface area contributed by atoms with E-state index >= 15 is 0 Å².